The Hall–Kier alpha value is -0.610. The molecule has 1 aromatic heterocycles. The van der Waals surface area contributed by atoms with Crippen LogP contribution in [0.5, 0.6) is 0 Å². The number of anilines is 1. The Bertz CT molecular complexity index is 416. The second-order valence-electron chi connectivity index (χ2n) is 5.90. The van der Waals surface area contributed by atoms with E-state index in [9.17, 15) is 0 Å². The van der Waals surface area contributed by atoms with Gasteiger partial charge >= 0.3 is 0 Å². The van der Waals surface area contributed by atoms with E-state index in [2.05, 4.69) is 51.2 Å². The standard InChI is InChI=1S/C16H26BrN3/c1-13-11-15(17)16(19-12-13)18-9-6-10-20(2)14-7-4-3-5-8-14/h11-12,14H,3-10H2,1-2H3,(H,18,19). The zero-order valence-electron chi connectivity index (χ0n) is 12.7. The van der Waals surface area contributed by atoms with E-state index in [0.29, 0.717) is 0 Å². The summed E-state index contributed by atoms with van der Waals surface area (Å²) in [7, 11) is 2.27. The van der Waals surface area contributed by atoms with Crippen molar-refractivity contribution in [1.82, 2.24) is 9.88 Å². The van der Waals surface area contributed by atoms with E-state index in [0.717, 1.165) is 29.3 Å². The molecule has 112 valence electrons. The quantitative estimate of drug-likeness (QED) is 0.786. The summed E-state index contributed by atoms with van der Waals surface area (Å²) in [5.74, 6) is 0.955. The highest BCUT2D eigenvalue weighted by Crippen LogP contribution is 2.22. The number of nitrogens with one attached hydrogen (secondary N) is 1. The van der Waals surface area contributed by atoms with Crippen molar-refractivity contribution in [3.05, 3.63) is 22.3 Å². The molecule has 0 aliphatic heterocycles. The summed E-state index contributed by atoms with van der Waals surface area (Å²) in [6, 6.07) is 2.91. The minimum atomic E-state index is 0.813. The van der Waals surface area contributed by atoms with Gasteiger partial charge < -0.3 is 10.2 Å². The Kier molecular flexibility index (Phi) is 6.30. The second kappa shape index (κ2) is 7.99. The van der Waals surface area contributed by atoms with Crippen LogP contribution < -0.4 is 5.32 Å². The molecule has 0 radical (unpaired) electrons. The van der Waals surface area contributed by atoms with Gasteiger partial charge in [0.05, 0.1) is 4.47 Å². The van der Waals surface area contributed by atoms with Gasteiger partial charge in [0.15, 0.2) is 0 Å². The molecule has 0 unspecified atom stereocenters. The fourth-order valence-electron chi connectivity index (χ4n) is 2.90. The highest BCUT2D eigenvalue weighted by atomic mass is 79.9. The molecule has 1 saturated carbocycles. The van der Waals surface area contributed by atoms with Gasteiger partial charge in [-0.25, -0.2) is 4.98 Å². The molecular formula is C16H26BrN3. The van der Waals surface area contributed by atoms with Crippen LogP contribution in [0, 0.1) is 6.92 Å². The second-order valence-corrected chi connectivity index (χ2v) is 6.75. The third-order valence-electron chi connectivity index (χ3n) is 4.16. The van der Waals surface area contributed by atoms with E-state index in [1.165, 1.54) is 44.2 Å². The molecule has 0 amide bonds. The Morgan fingerprint density at radius 1 is 1.35 bits per heavy atom. The van der Waals surface area contributed by atoms with Crippen LogP contribution in [0.3, 0.4) is 0 Å². The lowest BCUT2D eigenvalue weighted by Crippen LogP contribution is -2.34. The normalized spacial score (nSPS) is 16.6. The average molecular weight is 340 g/mol. The molecule has 0 aromatic carbocycles. The molecule has 0 spiro atoms. The highest BCUT2D eigenvalue weighted by molar-refractivity contribution is 9.10. The van der Waals surface area contributed by atoms with E-state index in [1.807, 2.05) is 6.20 Å². The molecular weight excluding hydrogens is 314 g/mol. The Balaban J connectivity index is 1.68. The third-order valence-corrected chi connectivity index (χ3v) is 4.76. The number of halogens is 1. The van der Waals surface area contributed by atoms with Gasteiger partial charge in [0.1, 0.15) is 5.82 Å². The maximum atomic E-state index is 4.41. The molecule has 0 atom stereocenters. The Morgan fingerprint density at radius 3 is 2.80 bits per heavy atom. The SMILES string of the molecule is Cc1cnc(NCCCN(C)C2CCCCC2)c(Br)c1. The van der Waals surface area contributed by atoms with E-state index < -0.39 is 0 Å². The number of aromatic nitrogens is 1. The van der Waals surface area contributed by atoms with Gasteiger partial charge in [-0.3, -0.25) is 0 Å². The van der Waals surface area contributed by atoms with Gasteiger partial charge in [-0.05, 0) is 67.3 Å². The number of rotatable bonds is 6. The van der Waals surface area contributed by atoms with Crippen molar-refractivity contribution in [3.8, 4) is 0 Å². The van der Waals surface area contributed by atoms with Crippen molar-refractivity contribution >= 4 is 21.7 Å². The van der Waals surface area contributed by atoms with E-state index in [1.54, 1.807) is 0 Å². The van der Waals surface area contributed by atoms with Gasteiger partial charge in [0.2, 0.25) is 0 Å². The average Bonchev–Trinajstić information content (AvgIpc) is 2.46. The summed E-state index contributed by atoms with van der Waals surface area (Å²) >= 11 is 3.56. The lowest BCUT2D eigenvalue weighted by molar-refractivity contribution is 0.191. The minimum absolute atomic E-state index is 0.813. The molecule has 1 aliphatic carbocycles. The predicted octanol–water partition coefficient (Wildman–Crippen LogP) is 4.22. The lowest BCUT2D eigenvalue weighted by atomic mass is 9.94. The monoisotopic (exact) mass is 339 g/mol. The largest absolute Gasteiger partial charge is 0.369 e. The van der Waals surface area contributed by atoms with Crippen LogP contribution in [0.15, 0.2) is 16.7 Å². The van der Waals surface area contributed by atoms with Gasteiger partial charge in [-0.15, -0.1) is 0 Å². The highest BCUT2D eigenvalue weighted by Gasteiger charge is 2.17. The van der Waals surface area contributed by atoms with Crippen molar-refractivity contribution in [2.24, 2.45) is 0 Å². The first-order valence-corrected chi connectivity index (χ1v) is 8.52. The van der Waals surface area contributed by atoms with Crippen LogP contribution in [0.25, 0.3) is 0 Å². The summed E-state index contributed by atoms with van der Waals surface area (Å²) in [4.78, 5) is 6.95. The summed E-state index contributed by atoms with van der Waals surface area (Å²) < 4.78 is 1.05. The van der Waals surface area contributed by atoms with Crippen molar-refractivity contribution < 1.29 is 0 Å². The summed E-state index contributed by atoms with van der Waals surface area (Å²) in [6.45, 7) is 4.20. The maximum absolute atomic E-state index is 4.41. The molecule has 4 heteroatoms. The van der Waals surface area contributed by atoms with Crippen molar-refractivity contribution in [1.29, 1.82) is 0 Å². The molecule has 20 heavy (non-hydrogen) atoms. The van der Waals surface area contributed by atoms with Crippen LogP contribution in [-0.2, 0) is 0 Å². The molecule has 1 aromatic rings. The molecule has 1 fully saturated rings. The molecule has 1 heterocycles. The number of pyridine rings is 1. The molecule has 1 aliphatic rings. The number of hydrogen-bond acceptors (Lipinski definition) is 3. The predicted molar refractivity (Wildman–Crippen MR) is 89.3 cm³/mol. The Labute approximate surface area is 131 Å². The fourth-order valence-corrected chi connectivity index (χ4v) is 3.51. The molecule has 0 bridgehead atoms. The van der Waals surface area contributed by atoms with Gasteiger partial charge in [0.25, 0.3) is 0 Å². The first-order chi connectivity index (χ1) is 9.66. The van der Waals surface area contributed by atoms with E-state index in [-0.39, 0.29) is 0 Å². The van der Waals surface area contributed by atoms with Crippen molar-refractivity contribution in [2.75, 3.05) is 25.5 Å². The lowest BCUT2D eigenvalue weighted by Gasteiger charge is -2.31. The summed E-state index contributed by atoms with van der Waals surface area (Å²) in [5, 5.41) is 3.41. The van der Waals surface area contributed by atoms with Crippen LogP contribution >= 0.6 is 15.9 Å². The zero-order valence-corrected chi connectivity index (χ0v) is 14.2. The minimum Gasteiger partial charge on any atom is -0.369 e. The van der Waals surface area contributed by atoms with E-state index in [4.69, 9.17) is 0 Å². The zero-order chi connectivity index (χ0) is 14.4. The number of hydrogen-bond donors (Lipinski definition) is 1. The Morgan fingerprint density at radius 2 is 2.10 bits per heavy atom. The molecule has 0 saturated heterocycles. The topological polar surface area (TPSA) is 28.2 Å². The molecule has 2 rings (SSSR count). The summed E-state index contributed by atoms with van der Waals surface area (Å²) in [5.41, 5.74) is 1.18. The van der Waals surface area contributed by atoms with Crippen LogP contribution in [0.4, 0.5) is 5.82 Å². The summed E-state index contributed by atoms with van der Waals surface area (Å²) in [6.07, 6.45) is 10.1. The number of aryl methyl sites for hydroxylation is 1. The first kappa shape index (κ1) is 15.8. The van der Waals surface area contributed by atoms with Crippen molar-refractivity contribution in [2.45, 2.75) is 51.5 Å². The van der Waals surface area contributed by atoms with Crippen LogP contribution in [-0.4, -0.2) is 36.1 Å². The van der Waals surface area contributed by atoms with Crippen molar-refractivity contribution in [3.63, 3.8) is 0 Å². The third kappa shape index (κ3) is 4.74. The smallest absolute Gasteiger partial charge is 0.140 e. The molecule has 1 N–H and O–H groups in total. The molecule has 3 nitrogen and oxygen atoms in total. The number of nitrogens with zero attached hydrogens (tertiary/aromatic N) is 2. The van der Waals surface area contributed by atoms with Crippen LogP contribution in [0.1, 0.15) is 44.1 Å². The van der Waals surface area contributed by atoms with Gasteiger partial charge in [0, 0.05) is 18.8 Å². The van der Waals surface area contributed by atoms with Gasteiger partial charge in [-0.1, -0.05) is 19.3 Å². The van der Waals surface area contributed by atoms with Gasteiger partial charge in [-0.2, -0.15) is 0 Å². The van der Waals surface area contributed by atoms with Crippen LogP contribution in [0.2, 0.25) is 0 Å². The maximum Gasteiger partial charge on any atom is 0.140 e. The van der Waals surface area contributed by atoms with E-state index >= 15 is 0 Å². The first-order valence-electron chi connectivity index (χ1n) is 7.73. The fraction of sp³-hybridized carbons (Fsp3) is 0.688.